The Kier molecular flexibility index (Phi) is 5.23. The number of carbonyl (C=O) groups excluding carboxylic acids is 2. The van der Waals surface area contributed by atoms with E-state index in [1.54, 1.807) is 13.0 Å². The lowest BCUT2D eigenvalue weighted by molar-refractivity contribution is 0.0945. The van der Waals surface area contributed by atoms with Crippen LogP contribution in [0.15, 0.2) is 12.1 Å². The number of ketones is 1. The third kappa shape index (κ3) is 3.42. The fourth-order valence-corrected chi connectivity index (χ4v) is 3.53. The zero-order valence-electron chi connectivity index (χ0n) is 15.0. The Labute approximate surface area is 156 Å². The molecule has 0 saturated heterocycles. The highest BCUT2D eigenvalue weighted by molar-refractivity contribution is 6.32. The summed E-state index contributed by atoms with van der Waals surface area (Å²) in [7, 11) is 0. The lowest BCUT2D eigenvalue weighted by Gasteiger charge is -2.20. The Balaban J connectivity index is 1.79. The van der Waals surface area contributed by atoms with Crippen LogP contribution in [0, 0.1) is 6.92 Å². The molecule has 6 nitrogen and oxygen atoms in total. The fraction of sp³-hybridized carbons (Fsp3) is 0.368. The van der Waals surface area contributed by atoms with Crippen LogP contribution in [0.2, 0.25) is 5.02 Å². The molecule has 0 fully saturated rings. The van der Waals surface area contributed by atoms with E-state index in [4.69, 9.17) is 21.1 Å². The van der Waals surface area contributed by atoms with Gasteiger partial charge in [-0.2, -0.15) is 0 Å². The number of Topliss-reactive ketones (excluding diaryl/α,β-unsaturated/α-hetero) is 1. The van der Waals surface area contributed by atoms with Crippen molar-refractivity contribution >= 4 is 23.3 Å². The number of aryl methyl sites for hydroxylation is 1. The van der Waals surface area contributed by atoms with Crippen LogP contribution in [-0.2, 0) is 13.0 Å². The van der Waals surface area contributed by atoms with E-state index in [1.807, 2.05) is 13.0 Å². The van der Waals surface area contributed by atoms with Gasteiger partial charge in [0, 0.05) is 17.8 Å². The van der Waals surface area contributed by atoms with Gasteiger partial charge in [-0.15, -0.1) is 0 Å². The van der Waals surface area contributed by atoms with Crippen molar-refractivity contribution in [1.29, 1.82) is 0 Å². The van der Waals surface area contributed by atoms with E-state index in [2.05, 4.69) is 10.3 Å². The number of carbonyl (C=O) groups is 2. The van der Waals surface area contributed by atoms with E-state index in [-0.39, 0.29) is 18.2 Å². The summed E-state index contributed by atoms with van der Waals surface area (Å²) in [6, 6.07) is 3.55. The Hall–Kier alpha value is -2.47. The molecule has 0 radical (unpaired) electrons. The van der Waals surface area contributed by atoms with Crippen molar-refractivity contribution in [3.63, 3.8) is 0 Å². The number of amides is 1. The zero-order valence-corrected chi connectivity index (χ0v) is 15.8. The van der Waals surface area contributed by atoms with E-state index in [0.717, 1.165) is 11.1 Å². The van der Waals surface area contributed by atoms with E-state index < -0.39 is 0 Å². The van der Waals surface area contributed by atoms with Crippen LogP contribution in [0.1, 0.15) is 51.5 Å². The molecule has 1 aromatic carbocycles. The molecule has 138 valence electrons. The predicted molar refractivity (Wildman–Crippen MR) is 98.5 cm³/mol. The largest absolute Gasteiger partial charge is 0.486 e. The van der Waals surface area contributed by atoms with Crippen molar-refractivity contribution in [2.75, 3.05) is 13.2 Å². The third-order valence-electron chi connectivity index (χ3n) is 4.33. The molecule has 1 aliphatic rings. The number of fused-ring (bicyclic) bond motifs is 1. The summed E-state index contributed by atoms with van der Waals surface area (Å²) in [5, 5.41) is 3.32. The molecule has 0 saturated carbocycles. The van der Waals surface area contributed by atoms with Gasteiger partial charge < -0.3 is 19.8 Å². The molecule has 0 bridgehead atoms. The molecule has 0 aliphatic carbocycles. The number of hydrogen-bond donors (Lipinski definition) is 2. The first kappa shape index (κ1) is 18.3. The maximum atomic E-state index is 12.6. The molecule has 1 aromatic heterocycles. The number of hydrogen-bond acceptors (Lipinski definition) is 4. The lowest BCUT2D eigenvalue weighted by atomic mass is 10.0. The first-order valence-electron chi connectivity index (χ1n) is 8.51. The van der Waals surface area contributed by atoms with Gasteiger partial charge >= 0.3 is 0 Å². The summed E-state index contributed by atoms with van der Waals surface area (Å²) in [4.78, 5) is 27.5. The maximum Gasteiger partial charge on any atom is 0.268 e. The van der Waals surface area contributed by atoms with Crippen molar-refractivity contribution in [2.24, 2.45) is 0 Å². The van der Waals surface area contributed by atoms with Crippen LogP contribution >= 0.6 is 11.6 Å². The van der Waals surface area contributed by atoms with E-state index in [9.17, 15) is 9.59 Å². The topological polar surface area (TPSA) is 80.4 Å². The first-order chi connectivity index (χ1) is 12.4. The van der Waals surface area contributed by atoms with E-state index in [0.29, 0.717) is 53.1 Å². The monoisotopic (exact) mass is 376 g/mol. The summed E-state index contributed by atoms with van der Waals surface area (Å²) < 4.78 is 11.0. The number of H-pyrrole nitrogens is 1. The Morgan fingerprint density at radius 3 is 2.69 bits per heavy atom. The highest BCUT2D eigenvalue weighted by Gasteiger charge is 2.22. The van der Waals surface area contributed by atoms with Crippen LogP contribution in [0.5, 0.6) is 11.5 Å². The molecular formula is C19H21ClN2O4. The first-order valence-corrected chi connectivity index (χ1v) is 8.88. The Bertz CT molecular complexity index is 873. The van der Waals surface area contributed by atoms with Gasteiger partial charge in [-0.05, 0) is 43.5 Å². The minimum atomic E-state index is -0.261. The number of aromatic amines is 1. The highest BCUT2D eigenvalue weighted by Crippen LogP contribution is 2.38. The molecule has 0 atom stereocenters. The zero-order chi connectivity index (χ0) is 18.8. The molecular weight excluding hydrogens is 356 g/mol. The van der Waals surface area contributed by atoms with Crippen molar-refractivity contribution in [3.05, 3.63) is 45.2 Å². The number of nitrogens with one attached hydrogen (secondary N) is 2. The summed E-state index contributed by atoms with van der Waals surface area (Å²) in [6.07, 6.45) is 0.595. The number of aromatic nitrogens is 1. The van der Waals surface area contributed by atoms with Crippen LogP contribution in [0.3, 0.4) is 0 Å². The summed E-state index contributed by atoms with van der Waals surface area (Å²) in [5.74, 6) is 0.806. The van der Waals surface area contributed by atoms with Gasteiger partial charge in [-0.3, -0.25) is 9.59 Å². The SMILES string of the molecule is CCc1c(C(=O)NCc2cc(Cl)c3c(c2)OCCO3)[nH]c(C)c1C(C)=O. The predicted octanol–water partition coefficient (Wildman–Crippen LogP) is 3.44. The quantitative estimate of drug-likeness (QED) is 0.783. The molecule has 1 amide bonds. The average molecular weight is 377 g/mol. The molecule has 7 heteroatoms. The number of halogens is 1. The lowest BCUT2D eigenvalue weighted by Crippen LogP contribution is -2.24. The Morgan fingerprint density at radius 2 is 2.00 bits per heavy atom. The summed E-state index contributed by atoms with van der Waals surface area (Å²) in [5.41, 5.74) is 3.29. The Morgan fingerprint density at radius 1 is 1.27 bits per heavy atom. The van der Waals surface area contributed by atoms with Crippen LogP contribution < -0.4 is 14.8 Å². The number of ether oxygens (including phenoxy) is 2. The van der Waals surface area contributed by atoms with Gasteiger partial charge in [0.15, 0.2) is 17.3 Å². The average Bonchev–Trinajstić information content (AvgIpc) is 2.96. The molecule has 3 rings (SSSR count). The molecule has 0 spiro atoms. The minimum absolute atomic E-state index is 0.0479. The number of rotatable bonds is 5. The molecule has 0 unspecified atom stereocenters. The molecule has 2 aromatic rings. The highest BCUT2D eigenvalue weighted by atomic mass is 35.5. The van der Waals surface area contributed by atoms with Crippen LogP contribution in [-0.4, -0.2) is 29.9 Å². The second-order valence-electron chi connectivity index (χ2n) is 6.17. The van der Waals surface area contributed by atoms with Gasteiger partial charge in [0.1, 0.15) is 18.9 Å². The second-order valence-corrected chi connectivity index (χ2v) is 6.58. The van der Waals surface area contributed by atoms with Gasteiger partial charge in [-0.1, -0.05) is 18.5 Å². The van der Waals surface area contributed by atoms with Gasteiger partial charge in [0.05, 0.1) is 5.02 Å². The summed E-state index contributed by atoms with van der Waals surface area (Å²) >= 11 is 6.22. The molecule has 2 heterocycles. The standard InChI is InChI=1S/C19H21ClN2O4/c1-4-13-16(11(3)23)10(2)22-17(13)19(24)21-9-12-7-14(20)18-15(8-12)25-5-6-26-18/h7-8,22H,4-6,9H2,1-3H3,(H,21,24). The molecule has 26 heavy (non-hydrogen) atoms. The van der Waals surface area contributed by atoms with Crippen molar-refractivity contribution in [2.45, 2.75) is 33.7 Å². The van der Waals surface area contributed by atoms with Gasteiger partial charge in [0.2, 0.25) is 0 Å². The summed E-state index contributed by atoms with van der Waals surface area (Å²) in [6.45, 7) is 6.45. The van der Waals surface area contributed by atoms with E-state index >= 15 is 0 Å². The fourth-order valence-electron chi connectivity index (χ4n) is 3.24. The van der Waals surface area contributed by atoms with Gasteiger partial charge in [0.25, 0.3) is 5.91 Å². The van der Waals surface area contributed by atoms with Crippen molar-refractivity contribution < 1.29 is 19.1 Å². The molecule has 1 aliphatic heterocycles. The van der Waals surface area contributed by atoms with E-state index in [1.165, 1.54) is 6.92 Å². The second kappa shape index (κ2) is 7.41. The van der Waals surface area contributed by atoms with Crippen LogP contribution in [0.25, 0.3) is 0 Å². The van der Waals surface area contributed by atoms with Gasteiger partial charge in [-0.25, -0.2) is 0 Å². The third-order valence-corrected chi connectivity index (χ3v) is 4.61. The maximum absolute atomic E-state index is 12.6. The minimum Gasteiger partial charge on any atom is -0.486 e. The van der Waals surface area contributed by atoms with Crippen LogP contribution in [0.4, 0.5) is 0 Å². The smallest absolute Gasteiger partial charge is 0.268 e. The molecule has 2 N–H and O–H groups in total. The van der Waals surface area contributed by atoms with Crippen molar-refractivity contribution in [1.82, 2.24) is 10.3 Å². The van der Waals surface area contributed by atoms with Crippen molar-refractivity contribution in [3.8, 4) is 11.5 Å². The normalized spacial score (nSPS) is 12.8. The number of benzene rings is 1.